The molecule has 0 N–H and O–H groups in total. The van der Waals surface area contributed by atoms with Crippen molar-refractivity contribution in [3.63, 3.8) is 0 Å². The maximum atomic E-state index is 12.6. The SMILES string of the molecule is Cn1cnc(C(=O)N2CCC(N3CC4CC(C3)[C@H]3CCCC(=O)N3C4)CC2)c1. The minimum Gasteiger partial charge on any atom is -0.340 e. The minimum atomic E-state index is 0.0610. The van der Waals surface area contributed by atoms with Gasteiger partial charge in [0.1, 0.15) is 5.69 Å². The summed E-state index contributed by atoms with van der Waals surface area (Å²) in [5.74, 6) is 1.72. The van der Waals surface area contributed by atoms with Crippen molar-refractivity contribution in [2.75, 3.05) is 32.7 Å². The summed E-state index contributed by atoms with van der Waals surface area (Å²) in [6.45, 7) is 4.85. The van der Waals surface area contributed by atoms with Crippen LogP contribution in [0.15, 0.2) is 12.5 Å². The molecule has 4 fully saturated rings. The van der Waals surface area contributed by atoms with Gasteiger partial charge in [-0.1, -0.05) is 0 Å². The first kappa shape index (κ1) is 18.2. The van der Waals surface area contributed by atoms with Crippen LogP contribution in [0.4, 0.5) is 0 Å². The van der Waals surface area contributed by atoms with E-state index in [0.29, 0.717) is 35.5 Å². The topological polar surface area (TPSA) is 61.7 Å². The van der Waals surface area contributed by atoms with Crippen LogP contribution in [0.3, 0.4) is 0 Å². The maximum Gasteiger partial charge on any atom is 0.274 e. The maximum absolute atomic E-state index is 12.6. The number of likely N-dealkylation sites (tertiary alicyclic amines) is 2. The number of rotatable bonds is 2. The van der Waals surface area contributed by atoms with Crippen molar-refractivity contribution in [3.05, 3.63) is 18.2 Å². The lowest BCUT2D eigenvalue weighted by molar-refractivity contribution is -0.145. The highest BCUT2D eigenvalue weighted by Gasteiger charge is 2.45. The first-order valence-electron chi connectivity index (χ1n) is 10.9. The van der Waals surface area contributed by atoms with Crippen LogP contribution in [-0.4, -0.2) is 80.9 Å². The van der Waals surface area contributed by atoms with Crippen LogP contribution >= 0.6 is 0 Å². The third-order valence-electron chi connectivity index (χ3n) is 7.40. The molecule has 7 nitrogen and oxygen atoms in total. The molecule has 4 aliphatic heterocycles. The molecule has 0 aromatic carbocycles. The summed E-state index contributed by atoms with van der Waals surface area (Å²) in [5.41, 5.74) is 0.551. The van der Waals surface area contributed by atoms with Gasteiger partial charge in [-0.15, -0.1) is 0 Å². The number of hydrogen-bond donors (Lipinski definition) is 0. The molecule has 4 aliphatic rings. The van der Waals surface area contributed by atoms with Crippen molar-refractivity contribution in [2.24, 2.45) is 18.9 Å². The van der Waals surface area contributed by atoms with E-state index in [1.165, 1.54) is 12.8 Å². The summed E-state index contributed by atoms with van der Waals surface area (Å²) in [4.78, 5) is 36.1. The van der Waals surface area contributed by atoms with Gasteiger partial charge in [0.2, 0.25) is 5.91 Å². The van der Waals surface area contributed by atoms with Gasteiger partial charge < -0.3 is 14.4 Å². The zero-order valence-corrected chi connectivity index (χ0v) is 16.8. The van der Waals surface area contributed by atoms with Crippen molar-refractivity contribution in [3.8, 4) is 0 Å². The molecule has 1 aromatic heterocycles. The Morgan fingerprint density at radius 3 is 2.71 bits per heavy atom. The van der Waals surface area contributed by atoms with Gasteiger partial charge in [-0.05, 0) is 43.9 Å². The lowest BCUT2D eigenvalue weighted by atomic mass is 9.75. The van der Waals surface area contributed by atoms with E-state index in [2.05, 4.69) is 14.8 Å². The Labute approximate surface area is 166 Å². The molecule has 1 aromatic rings. The van der Waals surface area contributed by atoms with E-state index in [1.54, 1.807) is 12.5 Å². The summed E-state index contributed by atoms with van der Waals surface area (Å²) in [5, 5.41) is 0. The van der Waals surface area contributed by atoms with Crippen LogP contribution in [0.1, 0.15) is 49.0 Å². The van der Waals surface area contributed by atoms with Crippen LogP contribution in [-0.2, 0) is 11.8 Å². The number of aromatic nitrogens is 2. The molecule has 2 unspecified atom stereocenters. The second-order valence-corrected chi connectivity index (χ2v) is 9.27. The molecule has 5 heterocycles. The fourth-order valence-corrected chi connectivity index (χ4v) is 6.07. The quantitative estimate of drug-likeness (QED) is 0.771. The summed E-state index contributed by atoms with van der Waals surface area (Å²) >= 11 is 0. The van der Waals surface area contributed by atoms with Crippen molar-refractivity contribution < 1.29 is 9.59 Å². The second kappa shape index (κ2) is 7.17. The molecule has 2 bridgehead atoms. The molecule has 28 heavy (non-hydrogen) atoms. The molecule has 0 aliphatic carbocycles. The highest BCUT2D eigenvalue weighted by Crippen LogP contribution is 2.39. The summed E-state index contributed by atoms with van der Waals surface area (Å²) < 4.78 is 1.83. The number of amides is 2. The molecule has 0 saturated carbocycles. The fourth-order valence-electron chi connectivity index (χ4n) is 6.07. The van der Waals surface area contributed by atoms with Crippen LogP contribution < -0.4 is 0 Å². The molecule has 7 heteroatoms. The number of carbonyl (C=O) groups excluding carboxylic acids is 2. The van der Waals surface area contributed by atoms with E-state index < -0.39 is 0 Å². The smallest absolute Gasteiger partial charge is 0.274 e. The monoisotopic (exact) mass is 385 g/mol. The van der Waals surface area contributed by atoms with Crippen LogP contribution in [0.25, 0.3) is 0 Å². The Balaban J connectivity index is 1.20. The Bertz CT molecular complexity index is 754. The average Bonchev–Trinajstić information content (AvgIpc) is 3.15. The van der Waals surface area contributed by atoms with Gasteiger partial charge in [0.15, 0.2) is 0 Å². The average molecular weight is 386 g/mol. The third kappa shape index (κ3) is 3.23. The Morgan fingerprint density at radius 2 is 1.96 bits per heavy atom. The molecular formula is C21H31N5O2. The fraction of sp³-hybridized carbons (Fsp3) is 0.762. The largest absolute Gasteiger partial charge is 0.340 e. The molecule has 0 radical (unpaired) electrons. The molecule has 4 saturated heterocycles. The van der Waals surface area contributed by atoms with Gasteiger partial charge in [-0.2, -0.15) is 0 Å². The Hall–Kier alpha value is -1.89. The van der Waals surface area contributed by atoms with Crippen molar-refractivity contribution in [2.45, 2.75) is 50.6 Å². The molecule has 0 spiro atoms. The summed E-state index contributed by atoms with van der Waals surface area (Å²) in [6.07, 6.45) is 9.88. The van der Waals surface area contributed by atoms with E-state index in [4.69, 9.17) is 0 Å². The van der Waals surface area contributed by atoms with E-state index in [1.807, 2.05) is 16.5 Å². The van der Waals surface area contributed by atoms with Gasteiger partial charge in [0.25, 0.3) is 5.91 Å². The minimum absolute atomic E-state index is 0.0610. The van der Waals surface area contributed by atoms with Crippen molar-refractivity contribution in [1.82, 2.24) is 24.3 Å². The number of fused-ring (bicyclic) bond motifs is 4. The zero-order valence-electron chi connectivity index (χ0n) is 16.8. The van der Waals surface area contributed by atoms with Crippen LogP contribution in [0.5, 0.6) is 0 Å². The number of piperidine rings is 4. The van der Waals surface area contributed by atoms with E-state index in [9.17, 15) is 9.59 Å². The highest BCUT2D eigenvalue weighted by molar-refractivity contribution is 5.92. The third-order valence-corrected chi connectivity index (χ3v) is 7.40. The molecule has 5 rings (SSSR count). The predicted octanol–water partition coefficient (Wildman–Crippen LogP) is 1.36. The standard InChI is InChI=1S/C21H31N5O2/c1-23-13-18(22-14-23)21(28)24-7-5-17(6-8-24)25-10-15-9-16(12-25)19-3-2-4-20(27)26(19)11-15/h13-17,19H,2-12H2,1H3/t15?,16?,19-/m1/s1. The number of imidazole rings is 1. The van der Waals surface area contributed by atoms with Crippen molar-refractivity contribution >= 4 is 11.8 Å². The summed E-state index contributed by atoms with van der Waals surface area (Å²) in [6, 6.07) is 1.05. The van der Waals surface area contributed by atoms with Gasteiger partial charge in [0, 0.05) is 64.5 Å². The molecular weight excluding hydrogens is 354 g/mol. The number of aryl methyl sites for hydroxylation is 1. The predicted molar refractivity (Wildman–Crippen MR) is 105 cm³/mol. The first-order valence-corrected chi connectivity index (χ1v) is 10.9. The van der Waals surface area contributed by atoms with Crippen molar-refractivity contribution in [1.29, 1.82) is 0 Å². The Morgan fingerprint density at radius 1 is 1.14 bits per heavy atom. The molecule has 152 valence electrons. The lowest BCUT2D eigenvalue weighted by Crippen LogP contribution is -2.62. The molecule has 2 amide bonds. The summed E-state index contributed by atoms with van der Waals surface area (Å²) in [7, 11) is 1.89. The van der Waals surface area contributed by atoms with Crippen LogP contribution in [0.2, 0.25) is 0 Å². The van der Waals surface area contributed by atoms with Crippen LogP contribution in [0, 0.1) is 11.8 Å². The van der Waals surface area contributed by atoms with Gasteiger partial charge in [-0.25, -0.2) is 4.98 Å². The molecule has 3 atom stereocenters. The van der Waals surface area contributed by atoms with Gasteiger partial charge in [0.05, 0.1) is 6.33 Å². The van der Waals surface area contributed by atoms with Gasteiger partial charge >= 0.3 is 0 Å². The highest BCUT2D eigenvalue weighted by atomic mass is 16.2. The number of carbonyl (C=O) groups is 2. The van der Waals surface area contributed by atoms with Gasteiger partial charge in [-0.3, -0.25) is 14.5 Å². The van der Waals surface area contributed by atoms with E-state index in [-0.39, 0.29) is 5.91 Å². The zero-order chi connectivity index (χ0) is 19.3. The first-order chi connectivity index (χ1) is 13.6. The second-order valence-electron chi connectivity index (χ2n) is 9.27. The van der Waals surface area contributed by atoms with E-state index >= 15 is 0 Å². The normalized spacial score (nSPS) is 31.8. The lowest BCUT2D eigenvalue weighted by Gasteiger charge is -2.54. The number of nitrogens with zero attached hydrogens (tertiary/aromatic N) is 5. The van der Waals surface area contributed by atoms with E-state index in [0.717, 1.165) is 58.4 Å². The number of hydrogen-bond acceptors (Lipinski definition) is 4. The Kier molecular flexibility index (Phi) is 4.65.